The van der Waals surface area contributed by atoms with Crippen molar-refractivity contribution in [3.8, 4) is 33.1 Å². The Labute approximate surface area is 245 Å². The predicted octanol–water partition coefficient (Wildman–Crippen LogP) is 8.00. The van der Waals surface area contributed by atoms with Crippen LogP contribution in [0.15, 0.2) is 103 Å². The molecule has 2 heterocycles. The smallest absolute Gasteiger partial charge is 0.387 e. The predicted molar refractivity (Wildman–Crippen MR) is 156 cm³/mol. The summed E-state index contributed by atoms with van der Waals surface area (Å²) in [6, 6.07) is 25.2. The molecule has 0 aliphatic rings. The van der Waals surface area contributed by atoms with Crippen molar-refractivity contribution in [2.75, 3.05) is 7.05 Å². The summed E-state index contributed by atoms with van der Waals surface area (Å²) in [5, 5.41) is 2.57. The Morgan fingerprint density at radius 2 is 1.76 bits per heavy atom. The van der Waals surface area contributed by atoms with Crippen molar-refractivity contribution in [3.05, 3.63) is 124 Å². The van der Waals surface area contributed by atoms with Gasteiger partial charge in [0, 0.05) is 45.3 Å². The van der Waals surface area contributed by atoms with Crippen LogP contribution in [0.4, 0.5) is 8.78 Å². The first-order chi connectivity index (χ1) is 19.9. The molecule has 0 bridgehead atoms. The Morgan fingerprint density at radius 3 is 2.46 bits per heavy atom. The molecule has 0 saturated carbocycles. The van der Waals surface area contributed by atoms with Gasteiger partial charge >= 0.3 is 6.61 Å². The Hall–Kier alpha value is -4.27. The Morgan fingerprint density at radius 1 is 0.976 bits per heavy atom. The van der Waals surface area contributed by atoms with Crippen LogP contribution in [0, 0.1) is 0 Å². The Bertz CT molecular complexity index is 1610. The average molecular weight is 592 g/mol. The molecular weight excluding hydrogens is 566 g/mol. The SMILES string of the molecule is CN(Cc1ccc[nH+]c1)C(=O)c1ccc(-c2sccc2-c2cc(Cl)ccc2OCc2ccc(OC(F)F)cc2)cc1. The van der Waals surface area contributed by atoms with E-state index in [4.69, 9.17) is 16.3 Å². The maximum absolute atomic E-state index is 13.0. The lowest BCUT2D eigenvalue weighted by Crippen LogP contribution is -2.26. The van der Waals surface area contributed by atoms with Crippen LogP contribution in [-0.2, 0) is 13.2 Å². The fourth-order valence-electron chi connectivity index (χ4n) is 4.37. The molecule has 0 spiro atoms. The van der Waals surface area contributed by atoms with Crippen LogP contribution in [0.2, 0.25) is 5.02 Å². The van der Waals surface area contributed by atoms with E-state index in [0.717, 1.165) is 32.7 Å². The van der Waals surface area contributed by atoms with Crippen molar-refractivity contribution in [1.29, 1.82) is 0 Å². The lowest BCUT2D eigenvalue weighted by atomic mass is 10.0. The van der Waals surface area contributed by atoms with Gasteiger partial charge in [-0.25, -0.2) is 4.98 Å². The molecule has 3 aromatic carbocycles. The van der Waals surface area contributed by atoms with Gasteiger partial charge in [0.15, 0.2) is 12.4 Å². The van der Waals surface area contributed by atoms with Gasteiger partial charge in [-0.1, -0.05) is 35.9 Å². The van der Waals surface area contributed by atoms with Gasteiger partial charge < -0.3 is 14.4 Å². The highest BCUT2D eigenvalue weighted by Gasteiger charge is 2.17. The van der Waals surface area contributed by atoms with Crippen molar-refractivity contribution >= 4 is 28.8 Å². The molecule has 9 heteroatoms. The fraction of sp³-hybridized carbons (Fsp3) is 0.125. The molecular formula is C32H26ClF2N2O3S+. The number of alkyl halides is 2. The number of aromatic nitrogens is 1. The van der Waals surface area contributed by atoms with Gasteiger partial charge in [0.25, 0.3) is 5.91 Å². The molecule has 0 atom stereocenters. The number of carbonyl (C=O) groups excluding carboxylic acids is 1. The summed E-state index contributed by atoms with van der Waals surface area (Å²) < 4.78 is 35.4. The number of nitrogens with one attached hydrogen (secondary N) is 1. The normalized spacial score (nSPS) is 11.0. The summed E-state index contributed by atoms with van der Waals surface area (Å²) in [6.45, 7) is -2.14. The minimum absolute atomic E-state index is 0.0638. The number of hydrogen-bond acceptors (Lipinski definition) is 4. The molecule has 41 heavy (non-hydrogen) atoms. The molecule has 5 nitrogen and oxygen atoms in total. The summed E-state index contributed by atoms with van der Waals surface area (Å²) in [7, 11) is 1.78. The number of pyridine rings is 1. The van der Waals surface area contributed by atoms with Crippen LogP contribution in [-0.4, -0.2) is 24.5 Å². The quantitative estimate of drug-likeness (QED) is 0.165. The molecule has 2 aromatic heterocycles. The first-order valence-corrected chi connectivity index (χ1v) is 14.0. The van der Waals surface area contributed by atoms with Crippen LogP contribution >= 0.6 is 22.9 Å². The molecule has 1 N–H and O–H groups in total. The van der Waals surface area contributed by atoms with Gasteiger partial charge in [-0.05, 0) is 71.1 Å². The third-order valence-corrected chi connectivity index (χ3v) is 7.57. The zero-order chi connectivity index (χ0) is 28.8. The van der Waals surface area contributed by atoms with E-state index in [1.807, 2.05) is 72.4 Å². The van der Waals surface area contributed by atoms with Crippen molar-refractivity contribution in [1.82, 2.24) is 4.90 Å². The number of aromatic amines is 1. The summed E-state index contributed by atoms with van der Waals surface area (Å²) >= 11 is 7.96. The number of ether oxygens (including phenoxy) is 2. The minimum Gasteiger partial charge on any atom is -0.488 e. The largest absolute Gasteiger partial charge is 0.488 e. The summed E-state index contributed by atoms with van der Waals surface area (Å²) in [6.07, 6.45) is 3.71. The van der Waals surface area contributed by atoms with Crippen LogP contribution in [0.25, 0.3) is 21.6 Å². The molecule has 5 rings (SSSR count). The zero-order valence-corrected chi connectivity index (χ0v) is 23.6. The molecule has 0 saturated heterocycles. The van der Waals surface area contributed by atoms with Gasteiger partial charge in [0.2, 0.25) is 0 Å². The molecule has 0 fully saturated rings. The van der Waals surface area contributed by atoms with Gasteiger partial charge in [-0.2, -0.15) is 8.78 Å². The molecule has 0 aliphatic heterocycles. The fourth-order valence-corrected chi connectivity index (χ4v) is 5.46. The third-order valence-electron chi connectivity index (χ3n) is 6.37. The summed E-state index contributed by atoms with van der Waals surface area (Å²) in [4.78, 5) is 18.8. The number of hydrogen-bond donors (Lipinski definition) is 0. The number of rotatable bonds is 10. The second-order valence-electron chi connectivity index (χ2n) is 9.27. The maximum Gasteiger partial charge on any atom is 0.387 e. The van der Waals surface area contributed by atoms with Gasteiger partial charge in [-0.15, -0.1) is 11.3 Å². The first-order valence-electron chi connectivity index (χ1n) is 12.7. The zero-order valence-electron chi connectivity index (χ0n) is 22.0. The highest BCUT2D eigenvalue weighted by Crippen LogP contribution is 2.42. The van der Waals surface area contributed by atoms with E-state index in [-0.39, 0.29) is 18.3 Å². The second-order valence-corrected chi connectivity index (χ2v) is 10.6. The van der Waals surface area contributed by atoms with E-state index in [0.29, 0.717) is 22.9 Å². The number of carbonyl (C=O) groups is 1. The standard InChI is InChI=1S/C32H25ClF2N2O3S/c1-37(19-22-3-2-15-36-18-22)31(38)24-8-6-23(7-9-24)30-27(14-16-41-30)28-17-25(33)10-13-29(28)39-20-21-4-11-26(12-5-21)40-32(34)35/h2-18,32H,19-20H2,1H3/p+1. The number of nitrogens with zero attached hydrogens (tertiary/aromatic N) is 1. The summed E-state index contributed by atoms with van der Waals surface area (Å²) in [5.74, 6) is 0.660. The molecule has 5 aromatic rings. The van der Waals surface area contributed by atoms with Crippen molar-refractivity contribution in [2.24, 2.45) is 0 Å². The van der Waals surface area contributed by atoms with Crippen LogP contribution in [0.1, 0.15) is 21.5 Å². The molecule has 0 aliphatic carbocycles. The highest BCUT2D eigenvalue weighted by atomic mass is 35.5. The van der Waals surface area contributed by atoms with Gasteiger partial charge in [0.1, 0.15) is 18.1 Å². The monoisotopic (exact) mass is 591 g/mol. The topological polar surface area (TPSA) is 52.9 Å². The van der Waals surface area contributed by atoms with Crippen molar-refractivity contribution < 1.29 is 28.0 Å². The lowest BCUT2D eigenvalue weighted by Gasteiger charge is -2.17. The molecule has 0 unspecified atom stereocenters. The van der Waals surface area contributed by atoms with Gasteiger partial charge in [-0.3, -0.25) is 4.79 Å². The van der Waals surface area contributed by atoms with E-state index in [1.165, 1.54) is 12.1 Å². The number of H-pyrrole nitrogens is 1. The van der Waals surface area contributed by atoms with E-state index in [2.05, 4.69) is 9.72 Å². The highest BCUT2D eigenvalue weighted by molar-refractivity contribution is 7.14. The average Bonchev–Trinajstić information content (AvgIpc) is 3.47. The number of halogens is 3. The molecule has 208 valence electrons. The Kier molecular flexibility index (Phi) is 8.91. The van der Waals surface area contributed by atoms with Crippen LogP contribution < -0.4 is 14.5 Å². The second kappa shape index (κ2) is 12.9. The van der Waals surface area contributed by atoms with E-state index in [9.17, 15) is 13.6 Å². The van der Waals surface area contributed by atoms with Crippen LogP contribution in [0.3, 0.4) is 0 Å². The number of amides is 1. The molecule has 1 amide bonds. The number of thiophene rings is 1. The Balaban J connectivity index is 1.33. The van der Waals surface area contributed by atoms with Crippen molar-refractivity contribution in [2.45, 2.75) is 19.8 Å². The van der Waals surface area contributed by atoms with Gasteiger partial charge in [0.05, 0.1) is 6.54 Å². The van der Waals surface area contributed by atoms with Crippen LogP contribution in [0.5, 0.6) is 11.5 Å². The van der Waals surface area contributed by atoms with E-state index in [1.54, 1.807) is 41.5 Å². The van der Waals surface area contributed by atoms with Crippen molar-refractivity contribution in [3.63, 3.8) is 0 Å². The lowest BCUT2D eigenvalue weighted by molar-refractivity contribution is -0.378. The van der Waals surface area contributed by atoms with E-state index >= 15 is 0 Å². The molecule has 0 radical (unpaired) electrons. The summed E-state index contributed by atoms with van der Waals surface area (Å²) in [5.41, 5.74) is 5.16. The van der Waals surface area contributed by atoms with E-state index < -0.39 is 6.61 Å². The first kappa shape index (κ1) is 28.3. The minimum atomic E-state index is -2.87. The number of benzene rings is 3. The third kappa shape index (κ3) is 7.09. The maximum atomic E-state index is 13.0.